The molecule has 2 unspecified atom stereocenters. The molecule has 3 heteroatoms. The number of aliphatic hydroxyl groups is 1. The zero-order chi connectivity index (χ0) is 14.5. The molecule has 0 fully saturated rings. The lowest BCUT2D eigenvalue weighted by Gasteiger charge is -2.22. The molecule has 0 heterocycles. The summed E-state index contributed by atoms with van der Waals surface area (Å²) in [4.78, 5) is 2.02. The largest absolute Gasteiger partial charge is 0.488 e. The maximum atomic E-state index is 10.3. The van der Waals surface area contributed by atoms with Gasteiger partial charge in [-0.05, 0) is 24.6 Å². The number of benzene rings is 2. The van der Waals surface area contributed by atoms with Crippen LogP contribution in [0.3, 0.4) is 0 Å². The van der Waals surface area contributed by atoms with Gasteiger partial charge in [-0.15, -0.1) is 0 Å². The van der Waals surface area contributed by atoms with E-state index in [1.165, 1.54) is 0 Å². The third-order valence-electron chi connectivity index (χ3n) is 3.24. The molecule has 0 bridgehead atoms. The summed E-state index contributed by atoms with van der Waals surface area (Å²) in [5, 5.41) is 10.3. The molecule has 0 saturated heterocycles. The molecular formula is C17H21NO2. The maximum Gasteiger partial charge on any atom is 0.126 e. The lowest BCUT2D eigenvalue weighted by Crippen LogP contribution is -2.21. The lowest BCUT2D eigenvalue weighted by atomic mass is 10.1. The molecule has 2 aromatic carbocycles. The van der Waals surface area contributed by atoms with Gasteiger partial charge in [0, 0.05) is 25.8 Å². The predicted octanol–water partition coefficient (Wildman–Crippen LogP) is 3.25. The van der Waals surface area contributed by atoms with Gasteiger partial charge in [-0.3, -0.25) is 0 Å². The number of ether oxygens (including phenoxy) is 1. The van der Waals surface area contributed by atoms with Crippen molar-refractivity contribution < 1.29 is 9.84 Å². The molecular weight excluding hydrogens is 250 g/mol. The van der Waals surface area contributed by atoms with Crippen LogP contribution in [-0.4, -0.2) is 25.3 Å². The fourth-order valence-electron chi connectivity index (χ4n) is 2.04. The van der Waals surface area contributed by atoms with Gasteiger partial charge in [-0.2, -0.15) is 0 Å². The Morgan fingerprint density at radius 2 is 1.70 bits per heavy atom. The minimum absolute atomic E-state index is 0.310. The average Bonchev–Trinajstić information content (AvgIpc) is 2.47. The Morgan fingerprint density at radius 3 is 2.35 bits per heavy atom. The van der Waals surface area contributed by atoms with Gasteiger partial charge in [0.2, 0.25) is 0 Å². The van der Waals surface area contributed by atoms with Gasteiger partial charge in [-0.25, -0.2) is 0 Å². The first kappa shape index (κ1) is 14.4. The Hall–Kier alpha value is -2.00. The third kappa shape index (κ3) is 3.52. The van der Waals surface area contributed by atoms with Crippen molar-refractivity contribution in [2.75, 3.05) is 19.0 Å². The van der Waals surface area contributed by atoms with E-state index in [0.29, 0.717) is 0 Å². The minimum atomic E-state index is -0.640. The molecule has 106 valence electrons. The highest BCUT2D eigenvalue weighted by molar-refractivity contribution is 5.49. The Balaban J connectivity index is 2.08. The summed E-state index contributed by atoms with van der Waals surface area (Å²) in [5.41, 5.74) is 1.94. The summed E-state index contributed by atoms with van der Waals surface area (Å²) < 4.78 is 5.84. The smallest absolute Gasteiger partial charge is 0.126 e. The fourth-order valence-corrected chi connectivity index (χ4v) is 2.04. The topological polar surface area (TPSA) is 32.7 Å². The van der Waals surface area contributed by atoms with Crippen molar-refractivity contribution in [1.82, 2.24) is 0 Å². The molecule has 0 aromatic heterocycles. The van der Waals surface area contributed by atoms with E-state index in [9.17, 15) is 5.11 Å². The number of nitrogens with zero attached hydrogens (tertiary/aromatic N) is 1. The Labute approximate surface area is 120 Å². The summed E-state index contributed by atoms with van der Waals surface area (Å²) in [7, 11) is 3.97. The first-order valence-electron chi connectivity index (χ1n) is 6.75. The van der Waals surface area contributed by atoms with Crippen LogP contribution < -0.4 is 9.64 Å². The highest BCUT2D eigenvalue weighted by atomic mass is 16.5. The van der Waals surface area contributed by atoms with Crippen molar-refractivity contribution in [2.24, 2.45) is 0 Å². The normalized spacial score (nSPS) is 13.6. The number of rotatable bonds is 5. The van der Waals surface area contributed by atoms with E-state index in [0.717, 1.165) is 17.0 Å². The molecule has 2 aromatic rings. The number of hydrogen-bond donors (Lipinski definition) is 1. The Bertz CT molecular complexity index is 540. The van der Waals surface area contributed by atoms with Crippen molar-refractivity contribution in [3.8, 4) is 5.75 Å². The number of anilines is 1. The monoisotopic (exact) mass is 271 g/mol. The summed E-state index contributed by atoms with van der Waals surface area (Å²) in [5.74, 6) is 0.763. The predicted molar refractivity (Wildman–Crippen MR) is 82.3 cm³/mol. The molecule has 0 radical (unpaired) electrons. The summed E-state index contributed by atoms with van der Waals surface area (Å²) >= 11 is 0. The molecule has 0 spiro atoms. The molecule has 0 amide bonds. The minimum Gasteiger partial charge on any atom is -0.488 e. The molecule has 0 aliphatic heterocycles. The van der Waals surface area contributed by atoms with Crippen LogP contribution in [0.5, 0.6) is 5.75 Å². The lowest BCUT2D eigenvalue weighted by molar-refractivity contribution is 0.0468. The first-order valence-corrected chi connectivity index (χ1v) is 6.75. The molecule has 0 saturated carbocycles. The zero-order valence-electron chi connectivity index (χ0n) is 12.2. The second-order valence-corrected chi connectivity index (χ2v) is 5.07. The average molecular weight is 271 g/mol. The second-order valence-electron chi connectivity index (χ2n) is 5.07. The summed E-state index contributed by atoms with van der Waals surface area (Å²) in [6, 6.07) is 17.4. The van der Waals surface area contributed by atoms with Gasteiger partial charge in [0.25, 0.3) is 0 Å². The second kappa shape index (κ2) is 6.44. The van der Waals surface area contributed by atoms with Gasteiger partial charge in [0.15, 0.2) is 0 Å². The van der Waals surface area contributed by atoms with E-state index in [1.807, 2.05) is 80.5 Å². The third-order valence-corrected chi connectivity index (χ3v) is 3.24. The number of hydrogen-bond acceptors (Lipinski definition) is 3. The highest BCUT2D eigenvalue weighted by Crippen LogP contribution is 2.24. The van der Waals surface area contributed by atoms with E-state index >= 15 is 0 Å². The van der Waals surface area contributed by atoms with Gasteiger partial charge < -0.3 is 14.7 Å². The van der Waals surface area contributed by atoms with Crippen LogP contribution in [-0.2, 0) is 0 Å². The van der Waals surface area contributed by atoms with Gasteiger partial charge in [-0.1, -0.05) is 36.4 Å². The summed E-state index contributed by atoms with van der Waals surface area (Å²) in [6.07, 6.45) is -0.950. The van der Waals surface area contributed by atoms with Crippen LogP contribution in [0.4, 0.5) is 5.69 Å². The molecule has 1 N–H and O–H groups in total. The van der Waals surface area contributed by atoms with Crippen molar-refractivity contribution >= 4 is 5.69 Å². The van der Waals surface area contributed by atoms with Crippen LogP contribution >= 0.6 is 0 Å². The van der Waals surface area contributed by atoms with Crippen LogP contribution in [0, 0.1) is 0 Å². The maximum absolute atomic E-state index is 10.3. The zero-order valence-corrected chi connectivity index (χ0v) is 12.2. The van der Waals surface area contributed by atoms with Crippen molar-refractivity contribution in [3.63, 3.8) is 0 Å². The van der Waals surface area contributed by atoms with E-state index < -0.39 is 6.10 Å². The van der Waals surface area contributed by atoms with Gasteiger partial charge in [0.05, 0.1) is 0 Å². The quantitative estimate of drug-likeness (QED) is 0.906. The highest BCUT2D eigenvalue weighted by Gasteiger charge is 2.17. The number of aliphatic hydroxyl groups excluding tert-OH is 1. The summed E-state index contributed by atoms with van der Waals surface area (Å²) in [6.45, 7) is 1.88. The van der Waals surface area contributed by atoms with Gasteiger partial charge >= 0.3 is 0 Å². The van der Waals surface area contributed by atoms with E-state index in [-0.39, 0.29) is 6.10 Å². The molecule has 2 atom stereocenters. The SMILES string of the molecule is CC(Oc1cccc(N(C)C)c1)C(O)c1ccccc1. The first-order chi connectivity index (χ1) is 9.58. The fraction of sp³-hybridized carbons (Fsp3) is 0.294. The van der Waals surface area contributed by atoms with Crippen LogP contribution in [0.15, 0.2) is 54.6 Å². The Kier molecular flexibility index (Phi) is 4.64. The van der Waals surface area contributed by atoms with Crippen molar-refractivity contribution in [1.29, 1.82) is 0 Å². The van der Waals surface area contributed by atoms with E-state index in [2.05, 4.69) is 0 Å². The molecule has 20 heavy (non-hydrogen) atoms. The molecule has 2 rings (SSSR count). The van der Waals surface area contributed by atoms with E-state index in [1.54, 1.807) is 0 Å². The molecule has 3 nitrogen and oxygen atoms in total. The van der Waals surface area contributed by atoms with E-state index in [4.69, 9.17) is 4.74 Å². The standard InChI is InChI=1S/C17H21NO2/c1-13(17(19)14-8-5-4-6-9-14)20-16-11-7-10-15(12-16)18(2)3/h4-13,17,19H,1-3H3. The van der Waals surface area contributed by atoms with Crippen LogP contribution in [0.2, 0.25) is 0 Å². The van der Waals surface area contributed by atoms with Crippen molar-refractivity contribution in [3.05, 3.63) is 60.2 Å². The van der Waals surface area contributed by atoms with Crippen LogP contribution in [0.1, 0.15) is 18.6 Å². The van der Waals surface area contributed by atoms with Crippen LogP contribution in [0.25, 0.3) is 0 Å². The molecule has 0 aliphatic carbocycles. The molecule has 0 aliphatic rings. The van der Waals surface area contributed by atoms with Gasteiger partial charge in [0.1, 0.15) is 18.0 Å². The Morgan fingerprint density at radius 1 is 1.00 bits per heavy atom. The van der Waals surface area contributed by atoms with Crippen molar-refractivity contribution in [2.45, 2.75) is 19.1 Å².